The summed E-state index contributed by atoms with van der Waals surface area (Å²) in [6, 6.07) is 26.5. The van der Waals surface area contributed by atoms with E-state index in [1.807, 2.05) is 82.6 Å². The Kier molecular flexibility index (Phi) is 6.50. The highest BCUT2D eigenvalue weighted by Crippen LogP contribution is 2.25. The Labute approximate surface area is 208 Å². The molecule has 1 aromatic heterocycles. The molecule has 5 rings (SSSR count). The van der Waals surface area contributed by atoms with E-state index in [9.17, 15) is 9.59 Å². The predicted molar refractivity (Wildman–Crippen MR) is 139 cm³/mol. The second-order valence-corrected chi connectivity index (χ2v) is 8.59. The lowest BCUT2D eigenvalue weighted by molar-refractivity contribution is 0.0748. The van der Waals surface area contributed by atoms with Gasteiger partial charge in [-0.3, -0.25) is 9.59 Å². The van der Waals surface area contributed by atoms with Crippen molar-refractivity contribution in [2.45, 2.75) is 0 Å². The molecule has 8 heteroatoms. The maximum atomic E-state index is 13.4. The van der Waals surface area contributed by atoms with Gasteiger partial charge in [-0.05, 0) is 36.4 Å². The molecule has 0 aliphatic carbocycles. The third kappa shape index (κ3) is 4.76. The summed E-state index contributed by atoms with van der Waals surface area (Å²) in [6.07, 6.45) is 1.62. The van der Waals surface area contributed by atoms with Crippen LogP contribution >= 0.6 is 11.6 Å². The lowest BCUT2D eigenvalue weighted by atomic mass is 10.1. The molecule has 1 saturated heterocycles. The fourth-order valence-electron chi connectivity index (χ4n) is 4.17. The standard InChI is InChI=1S/C27H24ClN5O2/c28-25-24(19-29-33(27(25)35)21-11-5-2-6-12-21)31-15-17-32(18-16-31)26(34)22-13-7-8-14-23(22)30-20-9-3-1-4-10-20/h1-14,19,30H,15-18H2. The molecule has 1 fully saturated rings. The third-order valence-corrected chi connectivity index (χ3v) is 6.37. The van der Waals surface area contributed by atoms with Crippen LogP contribution in [0.1, 0.15) is 10.4 Å². The number of hydrogen-bond acceptors (Lipinski definition) is 5. The number of nitrogens with one attached hydrogen (secondary N) is 1. The molecule has 0 spiro atoms. The van der Waals surface area contributed by atoms with Crippen LogP contribution < -0.4 is 15.8 Å². The van der Waals surface area contributed by atoms with Crippen molar-refractivity contribution < 1.29 is 4.79 Å². The summed E-state index contributed by atoms with van der Waals surface area (Å²) >= 11 is 6.47. The van der Waals surface area contributed by atoms with Crippen molar-refractivity contribution >= 4 is 34.6 Å². The van der Waals surface area contributed by atoms with Gasteiger partial charge in [0.2, 0.25) is 0 Å². The van der Waals surface area contributed by atoms with Crippen LogP contribution in [0.3, 0.4) is 0 Å². The van der Waals surface area contributed by atoms with Crippen LogP contribution in [0.2, 0.25) is 5.02 Å². The van der Waals surface area contributed by atoms with Crippen molar-refractivity contribution in [3.63, 3.8) is 0 Å². The normalized spacial score (nSPS) is 13.5. The van der Waals surface area contributed by atoms with E-state index >= 15 is 0 Å². The van der Waals surface area contributed by atoms with Gasteiger partial charge in [-0.2, -0.15) is 9.78 Å². The summed E-state index contributed by atoms with van der Waals surface area (Å²) in [7, 11) is 0. The number of hydrogen-bond donors (Lipinski definition) is 1. The summed E-state index contributed by atoms with van der Waals surface area (Å²) < 4.78 is 1.29. The molecule has 7 nitrogen and oxygen atoms in total. The Hall–Kier alpha value is -4.10. The molecule has 1 amide bonds. The molecule has 4 aromatic rings. The molecule has 0 radical (unpaired) electrons. The molecular weight excluding hydrogens is 462 g/mol. The topological polar surface area (TPSA) is 70.5 Å². The Balaban J connectivity index is 1.30. The first kappa shape index (κ1) is 22.7. The Morgan fingerprint density at radius 3 is 2.17 bits per heavy atom. The number of rotatable bonds is 5. The van der Waals surface area contributed by atoms with Crippen LogP contribution in [0.15, 0.2) is 95.9 Å². The number of carbonyl (C=O) groups is 1. The Morgan fingerprint density at radius 1 is 0.829 bits per heavy atom. The zero-order chi connectivity index (χ0) is 24.2. The summed E-state index contributed by atoms with van der Waals surface area (Å²) in [5.74, 6) is -0.0348. The van der Waals surface area contributed by atoms with Crippen molar-refractivity contribution in [2.24, 2.45) is 0 Å². The number of carbonyl (C=O) groups excluding carboxylic acids is 1. The number of amides is 1. The highest BCUT2D eigenvalue weighted by Gasteiger charge is 2.26. The van der Waals surface area contributed by atoms with Gasteiger partial charge in [0.05, 0.1) is 28.8 Å². The lowest BCUT2D eigenvalue weighted by Crippen LogP contribution is -2.49. The van der Waals surface area contributed by atoms with Crippen LogP contribution in [0.25, 0.3) is 5.69 Å². The fraction of sp³-hybridized carbons (Fsp3) is 0.148. The van der Waals surface area contributed by atoms with Crippen molar-refractivity contribution in [1.82, 2.24) is 14.7 Å². The molecule has 1 aliphatic heterocycles. The first-order valence-electron chi connectivity index (χ1n) is 11.4. The first-order chi connectivity index (χ1) is 17.1. The van der Waals surface area contributed by atoms with Gasteiger partial charge < -0.3 is 15.1 Å². The van der Waals surface area contributed by atoms with E-state index in [2.05, 4.69) is 10.4 Å². The van der Waals surface area contributed by atoms with Gasteiger partial charge in [-0.25, -0.2) is 0 Å². The Bertz CT molecular complexity index is 1380. The third-order valence-electron chi connectivity index (χ3n) is 6.02. The molecule has 2 heterocycles. The van der Waals surface area contributed by atoms with Crippen LogP contribution in [0.5, 0.6) is 0 Å². The van der Waals surface area contributed by atoms with E-state index in [-0.39, 0.29) is 16.5 Å². The molecule has 0 saturated carbocycles. The predicted octanol–water partition coefficient (Wildman–Crippen LogP) is 4.59. The number of anilines is 3. The van der Waals surface area contributed by atoms with Crippen LogP contribution in [-0.2, 0) is 0 Å². The summed E-state index contributed by atoms with van der Waals surface area (Å²) in [4.78, 5) is 30.0. The lowest BCUT2D eigenvalue weighted by Gasteiger charge is -2.36. The molecule has 0 unspecified atom stereocenters. The highest BCUT2D eigenvalue weighted by molar-refractivity contribution is 6.33. The largest absolute Gasteiger partial charge is 0.365 e. The average Bonchev–Trinajstić information content (AvgIpc) is 2.91. The van der Waals surface area contributed by atoms with Gasteiger partial charge in [-0.15, -0.1) is 0 Å². The van der Waals surface area contributed by atoms with Gasteiger partial charge in [0, 0.05) is 31.9 Å². The minimum atomic E-state index is -0.366. The second kappa shape index (κ2) is 10.0. The van der Waals surface area contributed by atoms with Crippen LogP contribution in [0.4, 0.5) is 17.1 Å². The zero-order valence-electron chi connectivity index (χ0n) is 19.0. The van der Waals surface area contributed by atoms with Crippen LogP contribution in [-0.4, -0.2) is 46.8 Å². The maximum Gasteiger partial charge on any atom is 0.292 e. The Morgan fingerprint density at radius 2 is 1.46 bits per heavy atom. The summed E-state index contributed by atoms with van der Waals surface area (Å²) in [5.41, 5.74) is 3.18. The van der Waals surface area contributed by atoms with E-state index < -0.39 is 0 Å². The van der Waals surface area contributed by atoms with Gasteiger partial charge in [0.15, 0.2) is 0 Å². The second-order valence-electron chi connectivity index (χ2n) is 8.21. The van der Waals surface area contributed by atoms with Crippen molar-refractivity contribution in [3.8, 4) is 5.69 Å². The molecule has 0 atom stereocenters. The minimum absolute atomic E-state index is 0.0348. The highest BCUT2D eigenvalue weighted by atomic mass is 35.5. The van der Waals surface area contributed by atoms with Crippen molar-refractivity contribution in [2.75, 3.05) is 36.4 Å². The molecule has 3 aromatic carbocycles. The van der Waals surface area contributed by atoms with E-state index in [4.69, 9.17) is 11.6 Å². The summed E-state index contributed by atoms with van der Waals surface area (Å²) in [6.45, 7) is 2.12. The first-order valence-corrected chi connectivity index (χ1v) is 11.8. The van der Waals surface area contributed by atoms with Crippen molar-refractivity contribution in [3.05, 3.63) is 112 Å². The zero-order valence-corrected chi connectivity index (χ0v) is 19.7. The molecule has 1 aliphatic rings. The minimum Gasteiger partial charge on any atom is -0.365 e. The van der Waals surface area contributed by atoms with E-state index in [0.717, 1.165) is 11.4 Å². The molecular formula is C27H24ClN5O2. The molecule has 35 heavy (non-hydrogen) atoms. The van der Waals surface area contributed by atoms with E-state index in [0.29, 0.717) is 43.1 Å². The van der Waals surface area contributed by atoms with Gasteiger partial charge in [-0.1, -0.05) is 60.1 Å². The number of halogens is 1. The average molecular weight is 486 g/mol. The monoisotopic (exact) mass is 485 g/mol. The number of piperazine rings is 1. The van der Waals surface area contributed by atoms with Gasteiger partial charge in [0.1, 0.15) is 5.02 Å². The quantitative estimate of drug-likeness (QED) is 0.447. The van der Waals surface area contributed by atoms with Crippen LogP contribution in [0, 0.1) is 0 Å². The molecule has 0 bridgehead atoms. The fourth-order valence-corrected chi connectivity index (χ4v) is 4.42. The number of aromatic nitrogens is 2. The van der Waals surface area contributed by atoms with E-state index in [1.165, 1.54) is 4.68 Å². The molecule has 176 valence electrons. The number of para-hydroxylation sites is 3. The number of benzene rings is 3. The smallest absolute Gasteiger partial charge is 0.292 e. The van der Waals surface area contributed by atoms with Gasteiger partial charge in [0.25, 0.3) is 11.5 Å². The molecule has 1 N–H and O–H groups in total. The number of nitrogens with zero attached hydrogens (tertiary/aromatic N) is 4. The maximum absolute atomic E-state index is 13.4. The summed E-state index contributed by atoms with van der Waals surface area (Å²) in [5, 5.41) is 7.79. The van der Waals surface area contributed by atoms with Crippen molar-refractivity contribution in [1.29, 1.82) is 0 Å². The van der Waals surface area contributed by atoms with E-state index in [1.54, 1.807) is 18.3 Å². The van der Waals surface area contributed by atoms with Gasteiger partial charge >= 0.3 is 0 Å². The SMILES string of the molecule is O=C(c1ccccc1Nc1ccccc1)N1CCN(c2cnn(-c3ccccc3)c(=O)c2Cl)CC1.